The molecule has 2 heterocycles. The van der Waals surface area contributed by atoms with Crippen molar-refractivity contribution in [2.24, 2.45) is 7.05 Å². The molecule has 5 nitrogen and oxygen atoms in total. The van der Waals surface area contributed by atoms with Crippen molar-refractivity contribution in [3.8, 4) is 16.9 Å². The van der Waals surface area contributed by atoms with Gasteiger partial charge in [-0.25, -0.2) is 8.78 Å². The van der Waals surface area contributed by atoms with Crippen LogP contribution in [0.1, 0.15) is 12.8 Å². The first-order valence-corrected chi connectivity index (χ1v) is 10.4. The Labute approximate surface area is 179 Å². The standard InChI is InChI=1S/C24H26F2N2O3/c1-27-14-20(5-7-23(27)30)18-2-3-19-13-22(6-4-17(19)12-18)31-16-21(29)15-28-10-8-24(25,26)9-11-28/h2-7,12-14,21,29H,8-11,15-16H2,1H3. The van der Waals surface area contributed by atoms with Crippen molar-refractivity contribution in [3.63, 3.8) is 0 Å². The van der Waals surface area contributed by atoms with E-state index in [0.717, 1.165) is 21.9 Å². The Morgan fingerprint density at radius 3 is 2.45 bits per heavy atom. The number of pyridine rings is 1. The molecular weight excluding hydrogens is 402 g/mol. The predicted octanol–water partition coefficient (Wildman–Crippen LogP) is 3.68. The van der Waals surface area contributed by atoms with E-state index in [1.807, 2.05) is 47.5 Å². The summed E-state index contributed by atoms with van der Waals surface area (Å²) in [6.45, 7) is 1.01. The lowest BCUT2D eigenvalue weighted by Crippen LogP contribution is -2.44. The monoisotopic (exact) mass is 428 g/mol. The van der Waals surface area contributed by atoms with Gasteiger partial charge < -0.3 is 19.3 Å². The summed E-state index contributed by atoms with van der Waals surface area (Å²) in [5, 5.41) is 12.3. The molecule has 0 saturated carbocycles. The zero-order valence-corrected chi connectivity index (χ0v) is 17.4. The number of hydrogen-bond acceptors (Lipinski definition) is 4. The lowest BCUT2D eigenvalue weighted by atomic mass is 10.0. The van der Waals surface area contributed by atoms with E-state index in [4.69, 9.17) is 4.74 Å². The molecule has 1 saturated heterocycles. The van der Waals surface area contributed by atoms with Crippen LogP contribution in [0.5, 0.6) is 5.75 Å². The van der Waals surface area contributed by atoms with Crippen LogP contribution in [0.2, 0.25) is 0 Å². The van der Waals surface area contributed by atoms with Gasteiger partial charge in [-0.2, -0.15) is 0 Å². The number of ether oxygens (including phenoxy) is 1. The van der Waals surface area contributed by atoms with Gasteiger partial charge in [-0.1, -0.05) is 18.2 Å². The van der Waals surface area contributed by atoms with Gasteiger partial charge in [0.15, 0.2) is 0 Å². The van der Waals surface area contributed by atoms with Crippen LogP contribution in [-0.2, 0) is 7.05 Å². The van der Waals surface area contributed by atoms with Crippen molar-refractivity contribution in [1.29, 1.82) is 0 Å². The highest BCUT2D eigenvalue weighted by Crippen LogP contribution is 2.28. The molecule has 1 atom stereocenters. The molecule has 31 heavy (non-hydrogen) atoms. The number of fused-ring (bicyclic) bond motifs is 1. The average Bonchev–Trinajstić information content (AvgIpc) is 2.75. The Bertz CT molecular complexity index is 1120. The summed E-state index contributed by atoms with van der Waals surface area (Å²) in [4.78, 5) is 13.5. The summed E-state index contributed by atoms with van der Waals surface area (Å²) in [6, 6.07) is 15.1. The van der Waals surface area contributed by atoms with Crippen LogP contribution in [0.15, 0.2) is 59.5 Å². The van der Waals surface area contributed by atoms with E-state index >= 15 is 0 Å². The molecular formula is C24H26F2N2O3. The number of benzene rings is 2. The van der Waals surface area contributed by atoms with E-state index in [1.54, 1.807) is 17.7 Å². The number of halogens is 2. The Balaban J connectivity index is 1.38. The minimum absolute atomic E-state index is 0.0493. The number of aliphatic hydroxyl groups is 1. The average molecular weight is 428 g/mol. The Kier molecular flexibility index (Phi) is 6.07. The third-order valence-electron chi connectivity index (χ3n) is 5.73. The van der Waals surface area contributed by atoms with E-state index in [1.165, 1.54) is 0 Å². The van der Waals surface area contributed by atoms with Crippen LogP contribution in [-0.4, -0.2) is 52.8 Å². The lowest BCUT2D eigenvalue weighted by molar-refractivity contribution is -0.0628. The maximum Gasteiger partial charge on any atom is 0.250 e. The van der Waals surface area contributed by atoms with E-state index in [2.05, 4.69) is 6.07 Å². The van der Waals surface area contributed by atoms with Gasteiger partial charge in [-0.15, -0.1) is 0 Å². The van der Waals surface area contributed by atoms with Crippen LogP contribution in [0.25, 0.3) is 21.9 Å². The SMILES string of the molecule is Cn1cc(-c2ccc3cc(OCC(O)CN4CCC(F)(F)CC4)ccc3c2)ccc1=O. The van der Waals surface area contributed by atoms with Crippen molar-refractivity contribution < 1.29 is 18.6 Å². The van der Waals surface area contributed by atoms with Crippen LogP contribution in [0, 0.1) is 0 Å². The van der Waals surface area contributed by atoms with Crippen LogP contribution < -0.4 is 10.3 Å². The molecule has 0 aliphatic carbocycles. The number of β-amino-alcohol motifs (C(OH)–C–C–N with tert-alkyl or cyclic N) is 1. The van der Waals surface area contributed by atoms with Gasteiger partial charge >= 0.3 is 0 Å². The number of hydrogen-bond donors (Lipinski definition) is 1. The van der Waals surface area contributed by atoms with Crippen molar-refractivity contribution in [1.82, 2.24) is 9.47 Å². The van der Waals surface area contributed by atoms with Crippen molar-refractivity contribution in [2.75, 3.05) is 26.2 Å². The van der Waals surface area contributed by atoms with Crippen molar-refractivity contribution in [3.05, 3.63) is 65.1 Å². The van der Waals surface area contributed by atoms with Crippen LogP contribution >= 0.6 is 0 Å². The van der Waals surface area contributed by atoms with Crippen molar-refractivity contribution in [2.45, 2.75) is 24.9 Å². The fraction of sp³-hybridized carbons (Fsp3) is 0.375. The molecule has 2 aromatic carbocycles. The molecule has 0 amide bonds. The van der Waals surface area contributed by atoms with Gasteiger partial charge in [0.25, 0.3) is 5.92 Å². The van der Waals surface area contributed by atoms with Crippen LogP contribution in [0.4, 0.5) is 8.78 Å². The summed E-state index contributed by atoms with van der Waals surface area (Å²) in [5.41, 5.74) is 1.92. The van der Waals surface area contributed by atoms with Crippen LogP contribution in [0.3, 0.4) is 0 Å². The molecule has 1 N–H and O–H groups in total. The van der Waals surface area contributed by atoms with Gasteiger partial charge in [-0.3, -0.25) is 4.79 Å². The number of aryl methyl sites for hydroxylation is 1. The van der Waals surface area contributed by atoms with E-state index in [-0.39, 0.29) is 38.1 Å². The molecule has 0 bridgehead atoms. The minimum atomic E-state index is -2.58. The Morgan fingerprint density at radius 1 is 1.03 bits per heavy atom. The second-order valence-electron chi connectivity index (χ2n) is 8.21. The minimum Gasteiger partial charge on any atom is -0.491 e. The highest BCUT2D eigenvalue weighted by Gasteiger charge is 2.34. The topological polar surface area (TPSA) is 54.7 Å². The van der Waals surface area contributed by atoms with E-state index in [9.17, 15) is 18.7 Å². The molecule has 1 fully saturated rings. The van der Waals surface area contributed by atoms with E-state index in [0.29, 0.717) is 12.3 Å². The summed E-state index contributed by atoms with van der Waals surface area (Å²) >= 11 is 0. The molecule has 3 aromatic rings. The summed E-state index contributed by atoms with van der Waals surface area (Å²) in [5.74, 6) is -1.94. The Morgan fingerprint density at radius 2 is 1.71 bits per heavy atom. The third kappa shape index (κ3) is 5.29. The largest absolute Gasteiger partial charge is 0.491 e. The second kappa shape index (κ2) is 8.77. The molecule has 7 heteroatoms. The normalized spacial score (nSPS) is 17.5. The number of nitrogens with zero attached hydrogens (tertiary/aromatic N) is 2. The molecule has 164 valence electrons. The predicted molar refractivity (Wildman–Crippen MR) is 117 cm³/mol. The van der Waals surface area contributed by atoms with Gasteiger partial charge in [0.1, 0.15) is 18.5 Å². The zero-order chi connectivity index (χ0) is 22.0. The maximum absolute atomic E-state index is 13.2. The summed E-state index contributed by atoms with van der Waals surface area (Å²) in [7, 11) is 1.73. The number of piperidine rings is 1. The third-order valence-corrected chi connectivity index (χ3v) is 5.73. The highest BCUT2D eigenvalue weighted by molar-refractivity contribution is 5.88. The van der Waals surface area contributed by atoms with Crippen molar-refractivity contribution >= 4 is 10.8 Å². The fourth-order valence-electron chi connectivity index (χ4n) is 3.86. The number of likely N-dealkylation sites (tertiary alicyclic amines) is 1. The second-order valence-corrected chi connectivity index (χ2v) is 8.21. The molecule has 4 rings (SSSR count). The number of aromatic nitrogens is 1. The Hall–Kier alpha value is -2.77. The number of aliphatic hydroxyl groups excluding tert-OH is 1. The fourth-order valence-corrected chi connectivity index (χ4v) is 3.86. The molecule has 1 aliphatic heterocycles. The smallest absolute Gasteiger partial charge is 0.250 e. The first-order chi connectivity index (χ1) is 14.8. The van der Waals surface area contributed by atoms with E-state index < -0.39 is 12.0 Å². The maximum atomic E-state index is 13.2. The van der Waals surface area contributed by atoms with Gasteiger partial charge in [0, 0.05) is 51.8 Å². The molecule has 0 spiro atoms. The molecule has 1 unspecified atom stereocenters. The van der Waals surface area contributed by atoms with Gasteiger partial charge in [-0.05, 0) is 46.2 Å². The summed E-state index contributed by atoms with van der Waals surface area (Å²) in [6.07, 6.45) is 0.750. The highest BCUT2D eigenvalue weighted by atomic mass is 19.3. The van der Waals surface area contributed by atoms with Gasteiger partial charge in [0.2, 0.25) is 5.56 Å². The van der Waals surface area contributed by atoms with Gasteiger partial charge in [0.05, 0.1) is 0 Å². The molecule has 1 aromatic heterocycles. The number of rotatable bonds is 6. The first kappa shape index (κ1) is 21.5. The quantitative estimate of drug-likeness (QED) is 0.651. The lowest BCUT2D eigenvalue weighted by Gasteiger charge is -2.32. The molecule has 1 aliphatic rings. The summed E-state index contributed by atoms with van der Waals surface area (Å²) < 4.78 is 33.8. The zero-order valence-electron chi connectivity index (χ0n) is 17.4. The number of alkyl halides is 2. The first-order valence-electron chi connectivity index (χ1n) is 10.4. The molecule has 0 radical (unpaired) electrons.